The first kappa shape index (κ1) is 9.90. The largest absolute Gasteiger partial charge is 0.300 e. The monoisotopic (exact) mass is 180 g/mol. The van der Waals surface area contributed by atoms with Crippen LogP contribution in [0.2, 0.25) is 0 Å². The molecule has 0 heterocycles. The van der Waals surface area contributed by atoms with Crippen molar-refractivity contribution in [2.45, 2.75) is 20.0 Å². The number of carbonyl (C=O) groups excluding carboxylic acids is 1. The van der Waals surface area contributed by atoms with Gasteiger partial charge in [0.25, 0.3) is 0 Å². The molecule has 0 aromatic heterocycles. The van der Waals surface area contributed by atoms with Crippen LogP contribution in [-0.2, 0) is 4.79 Å². The second kappa shape index (κ2) is 4.17. The predicted molar refractivity (Wildman–Crippen MR) is 50.1 cm³/mol. The maximum absolute atomic E-state index is 13.6. The quantitative estimate of drug-likeness (QED) is 0.699. The second-order valence-electron chi connectivity index (χ2n) is 3.21. The van der Waals surface area contributed by atoms with Gasteiger partial charge in [-0.15, -0.1) is 0 Å². The van der Waals surface area contributed by atoms with Crippen LogP contribution >= 0.6 is 0 Å². The maximum atomic E-state index is 13.6. The third-order valence-corrected chi connectivity index (χ3v) is 2.20. The molecule has 2 atom stereocenters. The van der Waals surface area contributed by atoms with Crippen molar-refractivity contribution in [3.8, 4) is 0 Å². The molecule has 70 valence electrons. The molecule has 2 heteroatoms. The highest BCUT2D eigenvalue weighted by molar-refractivity contribution is 5.78. The van der Waals surface area contributed by atoms with E-state index < -0.39 is 12.1 Å². The highest BCUT2D eigenvalue weighted by atomic mass is 19.1. The van der Waals surface area contributed by atoms with Crippen molar-refractivity contribution in [1.82, 2.24) is 0 Å². The molecule has 13 heavy (non-hydrogen) atoms. The minimum atomic E-state index is -1.18. The Labute approximate surface area is 77.6 Å². The fourth-order valence-corrected chi connectivity index (χ4v) is 1.13. The molecule has 1 rings (SSSR count). The van der Waals surface area contributed by atoms with E-state index in [2.05, 4.69) is 0 Å². The average Bonchev–Trinajstić information content (AvgIpc) is 2.17. The van der Waals surface area contributed by atoms with Gasteiger partial charge in [-0.1, -0.05) is 37.3 Å². The molecular formula is C11H13FO. The van der Waals surface area contributed by atoms with Crippen molar-refractivity contribution in [2.75, 3.05) is 0 Å². The minimum Gasteiger partial charge on any atom is -0.300 e. The second-order valence-corrected chi connectivity index (χ2v) is 3.21. The predicted octanol–water partition coefficient (Wildman–Crippen LogP) is 2.92. The molecule has 0 fully saturated rings. The van der Waals surface area contributed by atoms with Crippen LogP contribution in [-0.4, -0.2) is 5.78 Å². The number of hydrogen-bond acceptors (Lipinski definition) is 1. The molecule has 0 amide bonds. The first-order valence-electron chi connectivity index (χ1n) is 4.32. The molecule has 0 saturated heterocycles. The fourth-order valence-electron chi connectivity index (χ4n) is 1.13. The molecule has 0 radical (unpaired) electrons. The van der Waals surface area contributed by atoms with Gasteiger partial charge in [0.05, 0.1) is 5.92 Å². The van der Waals surface area contributed by atoms with Crippen LogP contribution in [0.25, 0.3) is 0 Å². The molecule has 2 unspecified atom stereocenters. The van der Waals surface area contributed by atoms with Crippen LogP contribution in [0.15, 0.2) is 30.3 Å². The summed E-state index contributed by atoms with van der Waals surface area (Å²) in [4.78, 5) is 10.9. The van der Waals surface area contributed by atoms with Crippen LogP contribution in [0.3, 0.4) is 0 Å². The highest BCUT2D eigenvalue weighted by Gasteiger charge is 2.21. The molecule has 0 spiro atoms. The topological polar surface area (TPSA) is 17.1 Å². The van der Waals surface area contributed by atoms with E-state index in [4.69, 9.17) is 0 Å². The molecule has 0 saturated carbocycles. The standard InChI is InChI=1S/C11H13FO/c1-8(9(2)13)11(12)10-6-4-3-5-7-10/h3-8,11H,1-2H3. The van der Waals surface area contributed by atoms with E-state index in [1.807, 2.05) is 6.07 Å². The van der Waals surface area contributed by atoms with Gasteiger partial charge >= 0.3 is 0 Å². The fraction of sp³-hybridized carbons (Fsp3) is 0.364. The first-order valence-corrected chi connectivity index (χ1v) is 4.32. The number of hydrogen-bond donors (Lipinski definition) is 0. The number of rotatable bonds is 3. The number of alkyl halides is 1. The SMILES string of the molecule is CC(=O)C(C)C(F)c1ccccc1. The van der Waals surface area contributed by atoms with Crippen molar-refractivity contribution in [3.05, 3.63) is 35.9 Å². The van der Waals surface area contributed by atoms with Crippen LogP contribution in [0.4, 0.5) is 4.39 Å². The Morgan fingerprint density at radius 3 is 2.31 bits per heavy atom. The zero-order chi connectivity index (χ0) is 9.84. The Morgan fingerprint density at radius 2 is 1.85 bits per heavy atom. The van der Waals surface area contributed by atoms with Crippen molar-refractivity contribution in [3.63, 3.8) is 0 Å². The Kier molecular flexibility index (Phi) is 3.18. The zero-order valence-corrected chi connectivity index (χ0v) is 7.83. The number of benzene rings is 1. The van der Waals surface area contributed by atoms with Gasteiger partial charge in [0.15, 0.2) is 0 Å². The van der Waals surface area contributed by atoms with Gasteiger partial charge in [-0.2, -0.15) is 0 Å². The van der Waals surface area contributed by atoms with Crippen LogP contribution in [0.1, 0.15) is 25.6 Å². The number of carbonyl (C=O) groups is 1. The van der Waals surface area contributed by atoms with Crippen molar-refractivity contribution in [2.24, 2.45) is 5.92 Å². The Morgan fingerprint density at radius 1 is 1.31 bits per heavy atom. The lowest BCUT2D eigenvalue weighted by atomic mass is 9.96. The van der Waals surface area contributed by atoms with Gasteiger partial charge in [-0.05, 0) is 12.5 Å². The summed E-state index contributed by atoms with van der Waals surface area (Å²) in [6, 6.07) is 8.77. The number of Topliss-reactive ketones (excluding diaryl/α,β-unsaturated/α-hetero) is 1. The van der Waals surface area contributed by atoms with Gasteiger partial charge in [-0.3, -0.25) is 4.79 Å². The smallest absolute Gasteiger partial charge is 0.135 e. The van der Waals surface area contributed by atoms with Gasteiger partial charge in [0.2, 0.25) is 0 Å². The van der Waals surface area contributed by atoms with Crippen molar-refractivity contribution >= 4 is 5.78 Å². The molecule has 0 aliphatic rings. The minimum absolute atomic E-state index is 0.114. The van der Waals surface area contributed by atoms with Crippen molar-refractivity contribution in [1.29, 1.82) is 0 Å². The number of halogens is 1. The molecule has 0 bridgehead atoms. The summed E-state index contributed by atoms with van der Waals surface area (Å²) in [5.74, 6) is -0.668. The average molecular weight is 180 g/mol. The molecule has 0 aliphatic heterocycles. The molecule has 0 aliphatic carbocycles. The van der Waals surface area contributed by atoms with E-state index in [1.165, 1.54) is 6.92 Å². The summed E-state index contributed by atoms with van der Waals surface area (Å²) in [6.45, 7) is 3.03. The summed E-state index contributed by atoms with van der Waals surface area (Å²) < 4.78 is 13.6. The summed E-state index contributed by atoms with van der Waals surface area (Å²) in [6.07, 6.45) is -1.18. The van der Waals surface area contributed by atoms with E-state index in [0.717, 1.165) is 0 Å². The van der Waals surface area contributed by atoms with E-state index in [1.54, 1.807) is 31.2 Å². The van der Waals surface area contributed by atoms with Gasteiger partial charge in [0.1, 0.15) is 12.0 Å². The lowest BCUT2D eigenvalue weighted by Crippen LogP contribution is -2.13. The molecular weight excluding hydrogens is 167 g/mol. The molecule has 1 aromatic carbocycles. The third kappa shape index (κ3) is 2.38. The Bertz CT molecular complexity index is 281. The highest BCUT2D eigenvalue weighted by Crippen LogP contribution is 2.26. The van der Waals surface area contributed by atoms with Crippen LogP contribution < -0.4 is 0 Å². The van der Waals surface area contributed by atoms with E-state index in [9.17, 15) is 9.18 Å². The first-order chi connectivity index (χ1) is 6.13. The lowest BCUT2D eigenvalue weighted by Gasteiger charge is -2.13. The van der Waals surface area contributed by atoms with Gasteiger partial charge in [-0.25, -0.2) is 4.39 Å². The van der Waals surface area contributed by atoms with Gasteiger partial charge in [0, 0.05) is 0 Å². The van der Waals surface area contributed by atoms with Crippen LogP contribution in [0, 0.1) is 5.92 Å². The lowest BCUT2D eigenvalue weighted by molar-refractivity contribution is -0.122. The van der Waals surface area contributed by atoms with Gasteiger partial charge < -0.3 is 0 Å². The summed E-state index contributed by atoms with van der Waals surface area (Å²) >= 11 is 0. The van der Waals surface area contributed by atoms with Crippen molar-refractivity contribution < 1.29 is 9.18 Å². The van der Waals surface area contributed by atoms with E-state index >= 15 is 0 Å². The maximum Gasteiger partial charge on any atom is 0.135 e. The number of ketones is 1. The normalized spacial score (nSPS) is 15.0. The summed E-state index contributed by atoms with van der Waals surface area (Å²) in [7, 11) is 0. The Hall–Kier alpha value is -1.18. The van der Waals surface area contributed by atoms with E-state index in [-0.39, 0.29) is 5.78 Å². The molecule has 0 N–H and O–H groups in total. The van der Waals surface area contributed by atoms with Crippen LogP contribution in [0.5, 0.6) is 0 Å². The molecule has 1 nitrogen and oxygen atoms in total. The summed E-state index contributed by atoms with van der Waals surface area (Å²) in [5, 5.41) is 0. The molecule has 1 aromatic rings. The zero-order valence-electron chi connectivity index (χ0n) is 7.83. The van der Waals surface area contributed by atoms with E-state index in [0.29, 0.717) is 5.56 Å². The summed E-state index contributed by atoms with van der Waals surface area (Å²) in [5.41, 5.74) is 0.574. The third-order valence-electron chi connectivity index (χ3n) is 2.20. The Balaban J connectivity index is 2.79.